The third-order valence-corrected chi connectivity index (χ3v) is 10.3. The number of allylic oxidation sites excluding steroid dienone is 4. The van der Waals surface area contributed by atoms with Gasteiger partial charge in [0.05, 0.1) is 0 Å². The van der Waals surface area contributed by atoms with Crippen LogP contribution in [0.2, 0.25) is 0 Å². The van der Waals surface area contributed by atoms with Crippen molar-refractivity contribution < 1.29 is 0 Å². The van der Waals surface area contributed by atoms with Crippen molar-refractivity contribution in [1.29, 1.82) is 0 Å². The van der Waals surface area contributed by atoms with E-state index < -0.39 is 0 Å². The molecule has 0 aliphatic heterocycles. The van der Waals surface area contributed by atoms with Gasteiger partial charge in [-0.1, -0.05) is 60.7 Å². The van der Waals surface area contributed by atoms with E-state index >= 15 is 0 Å². The fourth-order valence-electron chi connectivity index (χ4n) is 7.22. The summed E-state index contributed by atoms with van der Waals surface area (Å²) in [6.07, 6.45) is 13.3. The van der Waals surface area contributed by atoms with Crippen LogP contribution < -0.4 is 0 Å². The Kier molecular flexibility index (Phi) is 5.33. The molecule has 0 aromatic heterocycles. The molecule has 30 heavy (non-hydrogen) atoms. The van der Waals surface area contributed by atoms with E-state index in [0.29, 0.717) is 0 Å². The minimum atomic E-state index is 0.848. The van der Waals surface area contributed by atoms with Crippen molar-refractivity contribution in [2.24, 2.45) is 47.3 Å². The van der Waals surface area contributed by atoms with Gasteiger partial charge in [-0.3, -0.25) is 0 Å². The number of benzene rings is 2. The first-order chi connectivity index (χ1) is 14.9. The van der Waals surface area contributed by atoms with E-state index in [2.05, 4.69) is 85.0 Å². The maximum Gasteiger partial charge on any atom is 0.00719 e. The molecule has 4 atom stereocenters. The van der Waals surface area contributed by atoms with Crippen LogP contribution in [-0.4, -0.2) is 11.5 Å². The Morgan fingerprint density at radius 2 is 0.867 bits per heavy atom. The Balaban J connectivity index is 1.09. The molecule has 4 aliphatic rings. The molecule has 0 bridgehead atoms. The number of hydrogen-bond donors (Lipinski definition) is 0. The first-order valence-corrected chi connectivity index (χ1v) is 13.6. The molecule has 0 N–H and O–H groups in total. The van der Waals surface area contributed by atoms with Crippen LogP contribution in [0.25, 0.3) is 0 Å². The van der Waals surface area contributed by atoms with Crippen molar-refractivity contribution in [2.45, 2.75) is 22.6 Å². The zero-order chi connectivity index (χ0) is 19.9. The Hall–Kier alpha value is -1.38. The molecule has 0 saturated heterocycles. The van der Waals surface area contributed by atoms with Gasteiger partial charge in [0.2, 0.25) is 0 Å². The smallest absolute Gasteiger partial charge is 0.00719 e. The molecule has 154 valence electrons. The van der Waals surface area contributed by atoms with Crippen LogP contribution >= 0.6 is 23.5 Å². The van der Waals surface area contributed by atoms with E-state index in [0.717, 1.165) is 47.3 Å². The molecule has 4 unspecified atom stereocenters. The van der Waals surface area contributed by atoms with Crippen molar-refractivity contribution in [3.8, 4) is 0 Å². The van der Waals surface area contributed by atoms with E-state index in [1.54, 1.807) is 0 Å². The van der Waals surface area contributed by atoms with Crippen molar-refractivity contribution in [3.63, 3.8) is 0 Å². The third-order valence-electron chi connectivity index (χ3n) is 8.24. The average molecular weight is 431 g/mol. The van der Waals surface area contributed by atoms with Crippen molar-refractivity contribution in [3.05, 3.63) is 85.0 Å². The number of hydrogen-bond acceptors (Lipinski definition) is 2. The second-order valence-corrected chi connectivity index (χ2v) is 11.8. The molecule has 2 aromatic rings. The monoisotopic (exact) mass is 430 g/mol. The summed E-state index contributed by atoms with van der Waals surface area (Å²) in [7, 11) is 0. The summed E-state index contributed by atoms with van der Waals surface area (Å²) in [4.78, 5) is 2.85. The first-order valence-electron chi connectivity index (χ1n) is 11.6. The largest absolute Gasteiger partial charge is 0.126 e. The molecule has 0 heterocycles. The van der Waals surface area contributed by atoms with Gasteiger partial charge < -0.3 is 0 Å². The normalized spacial score (nSPS) is 37.2. The third kappa shape index (κ3) is 3.31. The highest BCUT2D eigenvalue weighted by Gasteiger charge is 2.63. The summed E-state index contributed by atoms with van der Waals surface area (Å²) < 4.78 is 0. The van der Waals surface area contributed by atoms with Crippen LogP contribution in [0.4, 0.5) is 0 Å². The maximum absolute atomic E-state index is 2.65. The predicted octanol–water partition coefficient (Wildman–Crippen LogP) is 7.45. The summed E-state index contributed by atoms with van der Waals surface area (Å²) in [6, 6.07) is 21.9. The van der Waals surface area contributed by atoms with Gasteiger partial charge in [-0.2, -0.15) is 0 Å². The van der Waals surface area contributed by atoms with E-state index in [1.165, 1.54) is 34.1 Å². The predicted molar refractivity (Wildman–Crippen MR) is 130 cm³/mol. The lowest BCUT2D eigenvalue weighted by Gasteiger charge is -2.25. The standard InChI is InChI=1S/C28H30S2/c1-3-7-19(8-4-1)29-17-15-21-23-11-13-25-22(16-18-30-20-9-5-2-6-10-20)26-14-12-24(21)28(26)27(23)25/h1-14,21-28H,15-18H2. The highest BCUT2D eigenvalue weighted by molar-refractivity contribution is 7.99. The number of thioether (sulfide) groups is 2. The number of rotatable bonds is 8. The van der Waals surface area contributed by atoms with Crippen LogP contribution in [0.5, 0.6) is 0 Å². The first kappa shape index (κ1) is 19.3. The molecule has 6 rings (SSSR count). The van der Waals surface area contributed by atoms with E-state index in [1.807, 2.05) is 23.5 Å². The van der Waals surface area contributed by atoms with Crippen molar-refractivity contribution in [1.82, 2.24) is 0 Å². The maximum atomic E-state index is 2.65. The molecule has 4 aliphatic carbocycles. The zero-order valence-electron chi connectivity index (χ0n) is 17.3. The summed E-state index contributed by atoms with van der Waals surface area (Å²) in [5.74, 6) is 9.53. The Labute approximate surface area is 189 Å². The van der Waals surface area contributed by atoms with Gasteiger partial charge in [0.15, 0.2) is 0 Å². The summed E-state index contributed by atoms with van der Waals surface area (Å²) >= 11 is 4.09. The molecule has 2 heteroatoms. The molecule has 0 nitrogen and oxygen atoms in total. The van der Waals surface area contributed by atoms with Crippen LogP contribution in [0.15, 0.2) is 94.8 Å². The molecule has 2 fully saturated rings. The topological polar surface area (TPSA) is 0 Å². The SMILES string of the molecule is C1=CC2C(CCSc3ccccc3)C3C=CC4C(CCSc5ccccc5)C1C2C43. The van der Waals surface area contributed by atoms with Crippen LogP contribution in [0.3, 0.4) is 0 Å². The van der Waals surface area contributed by atoms with E-state index in [-0.39, 0.29) is 0 Å². The average Bonchev–Trinajstić information content (AvgIpc) is 3.52. The fraction of sp³-hybridized carbons (Fsp3) is 0.429. The molecule has 2 saturated carbocycles. The highest BCUT2D eigenvalue weighted by atomic mass is 32.2. The Morgan fingerprint density at radius 1 is 0.500 bits per heavy atom. The Bertz CT molecular complexity index is 813. The summed E-state index contributed by atoms with van der Waals surface area (Å²) in [6.45, 7) is 0. The zero-order valence-corrected chi connectivity index (χ0v) is 19.0. The molecule has 0 radical (unpaired) electrons. The molecule has 0 spiro atoms. The van der Waals surface area contributed by atoms with Gasteiger partial charge in [-0.15, -0.1) is 23.5 Å². The summed E-state index contributed by atoms with van der Waals surface area (Å²) in [5.41, 5.74) is 0. The molecular formula is C28H30S2. The minimum absolute atomic E-state index is 0.848. The van der Waals surface area contributed by atoms with Crippen molar-refractivity contribution >= 4 is 23.5 Å². The van der Waals surface area contributed by atoms with Gasteiger partial charge in [0.25, 0.3) is 0 Å². The lowest BCUT2D eigenvalue weighted by atomic mass is 9.81. The summed E-state index contributed by atoms with van der Waals surface area (Å²) in [5, 5.41) is 0. The lowest BCUT2D eigenvalue weighted by molar-refractivity contribution is 0.286. The fourth-order valence-corrected chi connectivity index (χ4v) is 9.17. The Morgan fingerprint density at radius 3 is 1.23 bits per heavy atom. The molecule has 0 amide bonds. The van der Waals surface area contributed by atoms with E-state index in [9.17, 15) is 0 Å². The van der Waals surface area contributed by atoms with Gasteiger partial charge in [-0.25, -0.2) is 0 Å². The lowest BCUT2D eigenvalue weighted by Crippen LogP contribution is -2.20. The quantitative estimate of drug-likeness (QED) is 0.315. The van der Waals surface area contributed by atoms with Gasteiger partial charge in [0, 0.05) is 9.79 Å². The molecular weight excluding hydrogens is 400 g/mol. The second kappa shape index (κ2) is 8.28. The van der Waals surface area contributed by atoms with Crippen LogP contribution in [-0.2, 0) is 0 Å². The minimum Gasteiger partial charge on any atom is -0.126 e. The second-order valence-electron chi connectivity index (χ2n) is 9.46. The van der Waals surface area contributed by atoms with Gasteiger partial charge >= 0.3 is 0 Å². The van der Waals surface area contributed by atoms with E-state index in [4.69, 9.17) is 0 Å². The van der Waals surface area contributed by atoms with Crippen LogP contribution in [0.1, 0.15) is 12.8 Å². The highest BCUT2D eigenvalue weighted by Crippen LogP contribution is 2.68. The van der Waals surface area contributed by atoms with Crippen molar-refractivity contribution in [2.75, 3.05) is 11.5 Å². The van der Waals surface area contributed by atoms with Crippen LogP contribution in [0, 0.1) is 47.3 Å². The van der Waals surface area contributed by atoms with Gasteiger partial charge in [0.1, 0.15) is 0 Å². The molecule has 2 aromatic carbocycles. The van der Waals surface area contributed by atoms with Gasteiger partial charge in [-0.05, 0) is 96.0 Å².